The number of nitrogens with zero attached hydrogens (tertiary/aromatic N) is 1. The number of aryl methyl sites for hydroxylation is 1. The molecule has 1 heterocycles. The first kappa shape index (κ1) is 23.1. The van der Waals surface area contributed by atoms with Gasteiger partial charge >= 0.3 is 11.9 Å². The van der Waals surface area contributed by atoms with Gasteiger partial charge in [-0.05, 0) is 44.0 Å². The summed E-state index contributed by atoms with van der Waals surface area (Å²) in [7, 11) is 4.19. The highest BCUT2D eigenvalue weighted by molar-refractivity contribution is 6.00. The van der Waals surface area contributed by atoms with Crippen molar-refractivity contribution in [2.75, 3.05) is 21.3 Å². The molecule has 32 heavy (non-hydrogen) atoms. The third-order valence-electron chi connectivity index (χ3n) is 6.04. The lowest BCUT2D eigenvalue weighted by atomic mass is 9.90. The number of rotatable bonds is 6. The number of carbonyl (C=O) groups excluding carboxylic acids is 2. The molecule has 1 fully saturated rings. The maximum absolute atomic E-state index is 13.8. The number of amides is 1. The predicted molar refractivity (Wildman–Crippen MR) is 116 cm³/mol. The Hall–Kier alpha value is -3.55. The number of hydrogen-bond acceptors (Lipinski definition) is 6. The van der Waals surface area contributed by atoms with Crippen molar-refractivity contribution < 1.29 is 33.7 Å². The Morgan fingerprint density at radius 3 is 2.16 bits per heavy atom. The Morgan fingerprint density at radius 2 is 1.62 bits per heavy atom. The van der Waals surface area contributed by atoms with Crippen LogP contribution in [0, 0.1) is 12.8 Å². The number of carbonyl (C=O) groups is 3. The van der Waals surface area contributed by atoms with Crippen LogP contribution in [0.15, 0.2) is 42.5 Å². The average molecular weight is 441 g/mol. The minimum absolute atomic E-state index is 0.0768. The van der Waals surface area contributed by atoms with Gasteiger partial charge in [0.25, 0.3) is 5.91 Å². The van der Waals surface area contributed by atoms with Crippen molar-refractivity contribution in [1.82, 2.24) is 4.90 Å². The molecule has 8 nitrogen and oxygen atoms in total. The molecule has 3 atom stereocenters. The molecule has 1 saturated heterocycles. The van der Waals surface area contributed by atoms with Gasteiger partial charge in [0, 0.05) is 5.56 Å². The predicted octanol–water partition coefficient (Wildman–Crippen LogP) is 3.23. The minimum atomic E-state index is -1.63. The van der Waals surface area contributed by atoms with Gasteiger partial charge in [-0.15, -0.1) is 0 Å². The van der Waals surface area contributed by atoms with E-state index < -0.39 is 35.3 Å². The summed E-state index contributed by atoms with van der Waals surface area (Å²) >= 11 is 0. The molecule has 3 rings (SSSR count). The van der Waals surface area contributed by atoms with Crippen molar-refractivity contribution in [3.8, 4) is 11.5 Å². The lowest BCUT2D eigenvalue weighted by Crippen LogP contribution is -2.51. The van der Waals surface area contributed by atoms with E-state index in [2.05, 4.69) is 0 Å². The van der Waals surface area contributed by atoms with E-state index in [0.29, 0.717) is 17.1 Å². The molecule has 0 radical (unpaired) electrons. The van der Waals surface area contributed by atoms with Crippen LogP contribution in [0.25, 0.3) is 0 Å². The van der Waals surface area contributed by atoms with E-state index in [0.717, 1.165) is 5.56 Å². The second-order valence-electron chi connectivity index (χ2n) is 8.01. The van der Waals surface area contributed by atoms with Crippen molar-refractivity contribution in [2.24, 2.45) is 5.92 Å². The van der Waals surface area contributed by atoms with Gasteiger partial charge < -0.3 is 24.2 Å². The van der Waals surface area contributed by atoms with Crippen LogP contribution >= 0.6 is 0 Å². The van der Waals surface area contributed by atoms with Gasteiger partial charge in [-0.25, -0.2) is 4.79 Å². The number of methoxy groups -OCH3 is 3. The molecule has 2 aromatic rings. The number of aliphatic carboxylic acids is 1. The molecule has 0 saturated carbocycles. The Bertz CT molecular complexity index is 1030. The van der Waals surface area contributed by atoms with Gasteiger partial charge in [0.1, 0.15) is 5.54 Å². The number of hydrogen-bond donors (Lipinski definition) is 1. The lowest BCUT2D eigenvalue weighted by Gasteiger charge is -2.36. The summed E-state index contributed by atoms with van der Waals surface area (Å²) in [4.78, 5) is 40.1. The molecule has 1 amide bonds. The SMILES string of the molecule is COC(=O)C1CC(C)(C(=O)O)N(C(=O)c2ccc(OC)c(OC)c2)C1c1ccc(C)cc1. The molecular formula is C24H27NO7. The molecule has 2 aromatic carbocycles. The third kappa shape index (κ3) is 3.88. The highest BCUT2D eigenvalue weighted by Crippen LogP contribution is 2.48. The monoisotopic (exact) mass is 441 g/mol. The fraction of sp³-hybridized carbons (Fsp3) is 0.375. The smallest absolute Gasteiger partial charge is 0.329 e. The first-order chi connectivity index (χ1) is 15.2. The fourth-order valence-corrected chi connectivity index (χ4v) is 4.28. The normalized spacial score (nSPS) is 22.3. The zero-order valence-electron chi connectivity index (χ0n) is 18.7. The first-order valence-electron chi connectivity index (χ1n) is 10.1. The summed E-state index contributed by atoms with van der Waals surface area (Å²) < 4.78 is 15.5. The summed E-state index contributed by atoms with van der Waals surface area (Å²) in [5, 5.41) is 10.1. The number of carboxylic acids is 1. The molecule has 8 heteroatoms. The zero-order chi connectivity index (χ0) is 23.6. The maximum atomic E-state index is 13.8. The lowest BCUT2D eigenvalue weighted by molar-refractivity contribution is -0.147. The maximum Gasteiger partial charge on any atom is 0.329 e. The Balaban J connectivity index is 2.18. The highest BCUT2D eigenvalue weighted by atomic mass is 16.5. The van der Waals surface area contributed by atoms with Crippen molar-refractivity contribution in [3.63, 3.8) is 0 Å². The van der Waals surface area contributed by atoms with E-state index in [4.69, 9.17) is 14.2 Å². The Kier molecular flexibility index (Phi) is 6.43. The van der Waals surface area contributed by atoms with E-state index >= 15 is 0 Å². The molecular weight excluding hydrogens is 414 g/mol. The van der Waals surface area contributed by atoms with Gasteiger partial charge in [-0.2, -0.15) is 0 Å². The Morgan fingerprint density at radius 1 is 1.00 bits per heavy atom. The van der Waals surface area contributed by atoms with E-state index in [-0.39, 0.29) is 12.0 Å². The van der Waals surface area contributed by atoms with Crippen molar-refractivity contribution >= 4 is 17.8 Å². The zero-order valence-corrected chi connectivity index (χ0v) is 18.7. The summed E-state index contributed by atoms with van der Waals surface area (Å²) in [6.45, 7) is 3.38. The second kappa shape index (κ2) is 8.90. The molecule has 0 bridgehead atoms. The van der Waals surface area contributed by atoms with Crippen molar-refractivity contribution in [3.05, 3.63) is 59.2 Å². The fourth-order valence-electron chi connectivity index (χ4n) is 4.28. The molecule has 0 aliphatic carbocycles. The van der Waals surface area contributed by atoms with Crippen LogP contribution < -0.4 is 9.47 Å². The topological polar surface area (TPSA) is 102 Å². The van der Waals surface area contributed by atoms with Crippen molar-refractivity contribution in [2.45, 2.75) is 31.8 Å². The van der Waals surface area contributed by atoms with Crippen LogP contribution in [0.1, 0.15) is 40.9 Å². The molecule has 3 unspecified atom stereocenters. The highest BCUT2D eigenvalue weighted by Gasteiger charge is 2.58. The molecule has 1 N–H and O–H groups in total. The number of benzene rings is 2. The molecule has 1 aliphatic heterocycles. The van der Waals surface area contributed by atoms with Crippen LogP contribution in [0.5, 0.6) is 11.5 Å². The third-order valence-corrected chi connectivity index (χ3v) is 6.04. The quantitative estimate of drug-likeness (QED) is 0.687. The van der Waals surface area contributed by atoms with E-state index in [1.54, 1.807) is 24.3 Å². The van der Waals surface area contributed by atoms with E-state index in [9.17, 15) is 19.5 Å². The van der Waals surface area contributed by atoms with Crippen LogP contribution in [0.4, 0.5) is 0 Å². The molecule has 0 spiro atoms. The number of likely N-dealkylation sites (tertiary alicyclic amines) is 1. The summed E-state index contributed by atoms with van der Waals surface area (Å²) in [5.41, 5.74) is 0.251. The molecule has 170 valence electrons. The molecule has 0 aromatic heterocycles. The van der Waals surface area contributed by atoms with Crippen LogP contribution in [0.2, 0.25) is 0 Å². The second-order valence-corrected chi connectivity index (χ2v) is 8.01. The average Bonchev–Trinajstić information content (AvgIpc) is 3.12. The minimum Gasteiger partial charge on any atom is -0.493 e. The molecule has 1 aliphatic rings. The number of esters is 1. The van der Waals surface area contributed by atoms with Crippen LogP contribution in [0.3, 0.4) is 0 Å². The van der Waals surface area contributed by atoms with Crippen molar-refractivity contribution in [1.29, 1.82) is 0 Å². The van der Waals surface area contributed by atoms with Crippen LogP contribution in [-0.2, 0) is 14.3 Å². The van der Waals surface area contributed by atoms with E-state index in [1.165, 1.54) is 39.2 Å². The summed E-state index contributed by atoms with van der Waals surface area (Å²) in [6.07, 6.45) is -0.0768. The van der Waals surface area contributed by atoms with Gasteiger partial charge in [0.15, 0.2) is 11.5 Å². The van der Waals surface area contributed by atoms with Gasteiger partial charge in [-0.1, -0.05) is 29.8 Å². The largest absolute Gasteiger partial charge is 0.493 e. The number of ether oxygens (including phenoxy) is 3. The van der Waals surface area contributed by atoms with Crippen LogP contribution in [-0.4, -0.2) is 54.7 Å². The standard InChI is InChI=1S/C24H27NO7/c1-14-6-8-15(9-7-14)20-17(22(27)32-5)13-24(2,23(28)29)25(20)21(26)16-10-11-18(30-3)19(12-16)31-4/h6-12,17,20H,13H2,1-5H3,(H,28,29). The van der Waals surface area contributed by atoms with Gasteiger partial charge in [0.05, 0.1) is 33.3 Å². The Labute approximate surface area is 186 Å². The number of carboxylic acid groups (broad SMARTS) is 1. The summed E-state index contributed by atoms with van der Waals surface area (Å²) in [5.74, 6) is -2.36. The summed E-state index contributed by atoms with van der Waals surface area (Å²) in [6, 6.07) is 11.1. The van der Waals surface area contributed by atoms with E-state index in [1.807, 2.05) is 19.1 Å². The van der Waals surface area contributed by atoms with Gasteiger partial charge in [-0.3, -0.25) is 9.59 Å². The van der Waals surface area contributed by atoms with Gasteiger partial charge in [0.2, 0.25) is 0 Å². The first-order valence-corrected chi connectivity index (χ1v) is 10.1.